The second kappa shape index (κ2) is 9.11. The Hall–Kier alpha value is -2.13. The molecule has 2 aromatic rings. The molecule has 0 radical (unpaired) electrons. The Morgan fingerprint density at radius 2 is 1.43 bits per heavy atom. The smallest absolute Gasteiger partial charge is 0.307 e. The summed E-state index contributed by atoms with van der Waals surface area (Å²) >= 11 is 0. The van der Waals surface area contributed by atoms with Gasteiger partial charge < -0.3 is 4.74 Å². The maximum absolute atomic E-state index is 11.7. The highest BCUT2D eigenvalue weighted by atomic mass is 16.5. The zero-order chi connectivity index (χ0) is 16.5. The van der Waals surface area contributed by atoms with E-state index in [-0.39, 0.29) is 12.0 Å². The quantitative estimate of drug-likeness (QED) is 0.689. The largest absolute Gasteiger partial charge is 0.469 e. The maximum Gasteiger partial charge on any atom is 0.307 e. The second-order valence-electron chi connectivity index (χ2n) is 5.72. The standard InChI is InChI=1S/C20H25NO2/c1-3-19(14-20(22)23-2)21(15-17-10-6-4-7-11-17)16-18-12-8-5-9-13-18/h4-13,19H,3,14-16H2,1-2H3/t19-/m1/s1. The van der Waals surface area contributed by atoms with Gasteiger partial charge in [-0.15, -0.1) is 0 Å². The molecule has 23 heavy (non-hydrogen) atoms. The fourth-order valence-electron chi connectivity index (χ4n) is 2.76. The van der Waals surface area contributed by atoms with Crippen LogP contribution >= 0.6 is 0 Å². The molecule has 0 saturated heterocycles. The van der Waals surface area contributed by atoms with E-state index < -0.39 is 0 Å². The summed E-state index contributed by atoms with van der Waals surface area (Å²) in [6.07, 6.45) is 1.33. The number of hydrogen-bond acceptors (Lipinski definition) is 3. The summed E-state index contributed by atoms with van der Waals surface area (Å²) in [5.41, 5.74) is 2.51. The van der Waals surface area contributed by atoms with Crippen molar-refractivity contribution in [2.45, 2.75) is 38.9 Å². The van der Waals surface area contributed by atoms with Crippen LogP contribution in [0, 0.1) is 0 Å². The van der Waals surface area contributed by atoms with Gasteiger partial charge in [0, 0.05) is 19.1 Å². The monoisotopic (exact) mass is 311 g/mol. The van der Waals surface area contributed by atoms with E-state index >= 15 is 0 Å². The molecule has 0 unspecified atom stereocenters. The fraction of sp³-hybridized carbons (Fsp3) is 0.350. The van der Waals surface area contributed by atoms with E-state index in [0.29, 0.717) is 6.42 Å². The van der Waals surface area contributed by atoms with Gasteiger partial charge in [0.05, 0.1) is 13.5 Å². The molecule has 122 valence electrons. The molecule has 2 rings (SSSR count). The molecule has 0 aliphatic carbocycles. The number of rotatable bonds is 8. The molecule has 0 aliphatic rings. The Labute approximate surface area is 138 Å². The van der Waals surface area contributed by atoms with Crippen molar-refractivity contribution >= 4 is 5.97 Å². The van der Waals surface area contributed by atoms with Crippen LogP contribution in [-0.4, -0.2) is 24.0 Å². The van der Waals surface area contributed by atoms with E-state index in [1.54, 1.807) is 0 Å². The molecule has 3 heteroatoms. The molecule has 3 nitrogen and oxygen atoms in total. The topological polar surface area (TPSA) is 29.5 Å². The number of ether oxygens (including phenoxy) is 1. The van der Waals surface area contributed by atoms with Gasteiger partial charge in [-0.1, -0.05) is 67.6 Å². The van der Waals surface area contributed by atoms with E-state index in [2.05, 4.69) is 60.4 Å². The first kappa shape index (κ1) is 17.2. The summed E-state index contributed by atoms with van der Waals surface area (Å²) in [7, 11) is 1.45. The predicted molar refractivity (Wildman–Crippen MR) is 92.8 cm³/mol. The van der Waals surface area contributed by atoms with Gasteiger partial charge in [-0.3, -0.25) is 9.69 Å². The minimum atomic E-state index is -0.150. The van der Waals surface area contributed by atoms with Crippen LogP contribution in [0.3, 0.4) is 0 Å². The zero-order valence-corrected chi connectivity index (χ0v) is 13.9. The lowest BCUT2D eigenvalue weighted by Gasteiger charge is -2.30. The first-order chi connectivity index (χ1) is 11.2. The molecule has 0 bridgehead atoms. The van der Waals surface area contributed by atoms with Crippen LogP contribution in [-0.2, 0) is 22.6 Å². The van der Waals surface area contributed by atoms with Crippen LogP contribution in [0.1, 0.15) is 30.9 Å². The summed E-state index contributed by atoms with van der Waals surface area (Å²) in [5, 5.41) is 0. The van der Waals surface area contributed by atoms with Gasteiger partial charge in [0.25, 0.3) is 0 Å². The highest BCUT2D eigenvalue weighted by Gasteiger charge is 2.21. The van der Waals surface area contributed by atoms with Crippen LogP contribution in [0.25, 0.3) is 0 Å². The average Bonchev–Trinajstić information content (AvgIpc) is 2.60. The van der Waals surface area contributed by atoms with Crippen molar-refractivity contribution in [2.75, 3.05) is 7.11 Å². The molecule has 2 aromatic carbocycles. The van der Waals surface area contributed by atoms with E-state index in [1.165, 1.54) is 18.2 Å². The van der Waals surface area contributed by atoms with E-state index in [4.69, 9.17) is 4.74 Å². The third kappa shape index (κ3) is 5.53. The molecular formula is C20H25NO2. The third-order valence-corrected chi connectivity index (χ3v) is 4.07. The summed E-state index contributed by atoms with van der Waals surface area (Å²) < 4.78 is 4.87. The van der Waals surface area contributed by atoms with Crippen molar-refractivity contribution in [1.82, 2.24) is 4.90 Å². The molecule has 0 spiro atoms. The molecule has 0 aromatic heterocycles. The minimum Gasteiger partial charge on any atom is -0.469 e. The normalized spacial score (nSPS) is 12.1. The highest BCUT2D eigenvalue weighted by molar-refractivity contribution is 5.69. The van der Waals surface area contributed by atoms with Crippen LogP contribution in [0.15, 0.2) is 60.7 Å². The Bertz CT molecular complexity index is 542. The van der Waals surface area contributed by atoms with Crippen molar-refractivity contribution in [3.63, 3.8) is 0 Å². The molecule has 0 heterocycles. The van der Waals surface area contributed by atoms with Gasteiger partial charge >= 0.3 is 5.97 Å². The number of esters is 1. The first-order valence-electron chi connectivity index (χ1n) is 8.11. The van der Waals surface area contributed by atoms with E-state index in [0.717, 1.165) is 19.5 Å². The van der Waals surface area contributed by atoms with E-state index in [1.807, 2.05) is 12.1 Å². The summed E-state index contributed by atoms with van der Waals surface area (Å²) in [6.45, 7) is 3.77. The van der Waals surface area contributed by atoms with Crippen molar-refractivity contribution in [2.24, 2.45) is 0 Å². The van der Waals surface area contributed by atoms with Gasteiger partial charge in [-0.25, -0.2) is 0 Å². The van der Waals surface area contributed by atoms with Gasteiger partial charge in [-0.2, -0.15) is 0 Å². The third-order valence-electron chi connectivity index (χ3n) is 4.07. The maximum atomic E-state index is 11.7. The lowest BCUT2D eigenvalue weighted by atomic mass is 10.1. The Balaban J connectivity index is 2.16. The summed E-state index contributed by atoms with van der Waals surface area (Å²) in [5.74, 6) is -0.150. The Kier molecular flexibility index (Phi) is 6.82. The lowest BCUT2D eigenvalue weighted by Crippen LogP contribution is -2.36. The molecule has 0 amide bonds. The lowest BCUT2D eigenvalue weighted by molar-refractivity contribution is -0.142. The predicted octanol–water partition coefficient (Wildman–Crippen LogP) is 4.03. The first-order valence-corrected chi connectivity index (χ1v) is 8.11. The van der Waals surface area contributed by atoms with Crippen molar-refractivity contribution < 1.29 is 9.53 Å². The van der Waals surface area contributed by atoms with Gasteiger partial charge in [-0.05, 0) is 17.5 Å². The minimum absolute atomic E-state index is 0.150. The summed E-state index contributed by atoms with van der Waals surface area (Å²) in [4.78, 5) is 14.1. The molecule has 0 fully saturated rings. The van der Waals surface area contributed by atoms with Gasteiger partial charge in [0.15, 0.2) is 0 Å². The van der Waals surface area contributed by atoms with E-state index in [9.17, 15) is 4.79 Å². The molecular weight excluding hydrogens is 286 g/mol. The van der Waals surface area contributed by atoms with Crippen LogP contribution < -0.4 is 0 Å². The number of carbonyl (C=O) groups excluding carboxylic acids is 1. The number of methoxy groups -OCH3 is 1. The fourth-order valence-corrected chi connectivity index (χ4v) is 2.76. The highest BCUT2D eigenvalue weighted by Crippen LogP contribution is 2.18. The van der Waals surface area contributed by atoms with Crippen molar-refractivity contribution in [3.8, 4) is 0 Å². The average molecular weight is 311 g/mol. The number of nitrogens with zero attached hydrogens (tertiary/aromatic N) is 1. The van der Waals surface area contributed by atoms with Crippen LogP contribution in [0.5, 0.6) is 0 Å². The van der Waals surface area contributed by atoms with Crippen molar-refractivity contribution in [1.29, 1.82) is 0 Å². The van der Waals surface area contributed by atoms with Crippen molar-refractivity contribution in [3.05, 3.63) is 71.8 Å². The molecule has 1 atom stereocenters. The van der Waals surface area contributed by atoms with Crippen LogP contribution in [0.2, 0.25) is 0 Å². The number of carbonyl (C=O) groups is 1. The number of benzene rings is 2. The summed E-state index contributed by atoms with van der Waals surface area (Å²) in [6, 6.07) is 20.9. The SMILES string of the molecule is CC[C@H](CC(=O)OC)N(Cc1ccccc1)Cc1ccccc1. The van der Waals surface area contributed by atoms with Crippen LogP contribution in [0.4, 0.5) is 0 Å². The van der Waals surface area contributed by atoms with Gasteiger partial charge in [0.2, 0.25) is 0 Å². The second-order valence-corrected chi connectivity index (χ2v) is 5.72. The molecule has 0 saturated carbocycles. The molecule has 0 aliphatic heterocycles. The Morgan fingerprint density at radius 3 is 1.83 bits per heavy atom. The molecule has 0 N–H and O–H groups in total. The zero-order valence-electron chi connectivity index (χ0n) is 13.9. The number of hydrogen-bond donors (Lipinski definition) is 0. The Morgan fingerprint density at radius 1 is 0.957 bits per heavy atom. The van der Waals surface area contributed by atoms with Gasteiger partial charge in [0.1, 0.15) is 0 Å².